The van der Waals surface area contributed by atoms with Crippen LogP contribution in [-0.4, -0.2) is 55.1 Å². The zero-order valence-corrected chi connectivity index (χ0v) is 42.0. The fourth-order valence-corrected chi connectivity index (χ4v) is 9.33. The number of carbonyl (C=O) groups excluding carboxylic acids is 2. The van der Waals surface area contributed by atoms with Gasteiger partial charge in [-0.25, -0.2) is 10.5 Å². The Bertz CT molecular complexity index is 3590. The highest BCUT2D eigenvalue weighted by Crippen LogP contribution is 2.38. The highest BCUT2D eigenvalue weighted by atomic mass is 32.2. The highest BCUT2D eigenvalue weighted by Gasteiger charge is 2.24. The molecule has 8 aromatic carbocycles. The Balaban J connectivity index is 0.934. The van der Waals surface area contributed by atoms with Crippen LogP contribution in [0.4, 0.5) is 0 Å². The number of benzene rings is 8. The molecule has 0 saturated heterocycles. The molecule has 0 saturated carbocycles. The monoisotopic (exact) mass is 1090 g/mol. The molecule has 75 heavy (non-hydrogen) atoms. The smallest absolute Gasteiger partial charge is 0.298 e. The van der Waals surface area contributed by atoms with Crippen molar-refractivity contribution in [1.82, 2.24) is 0 Å². The molecule has 8 aromatic rings. The minimum absolute atomic E-state index is 0.0351. The third-order valence-electron chi connectivity index (χ3n) is 10.8. The molecule has 0 aliphatic carbocycles. The van der Waals surface area contributed by atoms with Gasteiger partial charge in [0.2, 0.25) is 0 Å². The van der Waals surface area contributed by atoms with E-state index in [1.807, 2.05) is 0 Å². The highest BCUT2D eigenvalue weighted by molar-refractivity contribution is 7.94. The second kappa shape index (κ2) is 23.7. The molecule has 4 N–H and O–H groups in total. The Hall–Kier alpha value is -7.62. The van der Waals surface area contributed by atoms with Crippen LogP contribution in [0.2, 0.25) is 0 Å². The SMILES string of the molecule is COc1ccc(Oc2ccc(Oc3ccc(C(=O)c4ccc(Oc5ccc(-c6ccc(Oc7ccc(C(=O)c8ccc(C)c(SOOO)c8)cc7S(=O)(=O)O)cc6)cc5)c(SOOO)c4)cc3S(=O)(=O)O)cc2)cc1. The van der Waals surface area contributed by atoms with E-state index in [2.05, 4.69) is 18.7 Å². The Kier molecular flexibility index (Phi) is 17.0. The predicted octanol–water partition coefficient (Wildman–Crippen LogP) is 12.7. The van der Waals surface area contributed by atoms with Crippen LogP contribution in [-0.2, 0) is 39.0 Å². The third kappa shape index (κ3) is 13.6. The number of ketones is 2. The largest absolute Gasteiger partial charge is 0.497 e. The lowest BCUT2D eigenvalue weighted by Crippen LogP contribution is -2.07. The zero-order chi connectivity index (χ0) is 53.3. The van der Waals surface area contributed by atoms with Crippen LogP contribution < -0.4 is 23.7 Å². The first-order valence-corrected chi connectivity index (χ1v) is 25.9. The van der Waals surface area contributed by atoms with E-state index < -0.39 is 41.6 Å². The van der Waals surface area contributed by atoms with E-state index in [0.29, 0.717) is 63.1 Å². The Morgan fingerprint density at radius 2 is 0.747 bits per heavy atom. The summed E-state index contributed by atoms with van der Waals surface area (Å²) in [5.41, 5.74) is 2.16. The van der Waals surface area contributed by atoms with Gasteiger partial charge in [-0.15, -0.1) is 8.67 Å². The molecule has 0 amide bonds. The average Bonchev–Trinajstić information content (AvgIpc) is 3.41. The number of carbonyl (C=O) groups is 2. The molecule has 0 spiro atoms. The number of hydrogen-bond acceptors (Lipinski definition) is 19. The molecule has 0 bridgehead atoms. The summed E-state index contributed by atoms with van der Waals surface area (Å²) < 4.78 is 108. The van der Waals surface area contributed by atoms with Gasteiger partial charge in [-0.1, -0.05) is 46.5 Å². The number of ether oxygens (including phenoxy) is 5. The van der Waals surface area contributed by atoms with Crippen molar-refractivity contribution in [2.24, 2.45) is 0 Å². The van der Waals surface area contributed by atoms with Gasteiger partial charge in [0, 0.05) is 27.1 Å². The lowest BCUT2D eigenvalue weighted by atomic mass is 10.0. The first kappa shape index (κ1) is 53.7. The van der Waals surface area contributed by atoms with Crippen LogP contribution in [0.25, 0.3) is 11.1 Å². The van der Waals surface area contributed by atoms with Crippen LogP contribution in [0.5, 0.6) is 51.7 Å². The minimum atomic E-state index is -4.91. The van der Waals surface area contributed by atoms with E-state index in [9.17, 15) is 35.5 Å². The van der Waals surface area contributed by atoms with E-state index in [1.165, 1.54) is 66.7 Å². The summed E-state index contributed by atoms with van der Waals surface area (Å²) in [5, 5.41) is 24.9. The minimum Gasteiger partial charge on any atom is -0.497 e. The molecular formula is C52H38O19S4. The molecular weight excluding hydrogens is 1060 g/mol. The molecule has 0 radical (unpaired) electrons. The number of rotatable bonds is 22. The molecule has 19 nitrogen and oxygen atoms in total. The van der Waals surface area contributed by atoms with Gasteiger partial charge in [0.05, 0.1) is 36.1 Å². The second-order valence-corrected chi connectivity index (χ2v) is 19.9. The Labute approximate surface area is 436 Å². The fraction of sp³-hybridized carbons (Fsp3) is 0.0385. The van der Waals surface area contributed by atoms with Gasteiger partial charge in [-0.05, 0) is 157 Å². The zero-order valence-electron chi connectivity index (χ0n) is 38.7. The third-order valence-corrected chi connectivity index (χ3v) is 13.9. The number of aryl methyl sites for hydroxylation is 1. The molecule has 0 fully saturated rings. The van der Waals surface area contributed by atoms with E-state index in [0.717, 1.165) is 17.7 Å². The summed E-state index contributed by atoms with van der Waals surface area (Å²) >= 11 is 1.17. The van der Waals surface area contributed by atoms with Gasteiger partial charge in [0.15, 0.2) is 11.6 Å². The van der Waals surface area contributed by atoms with Crippen molar-refractivity contribution in [1.29, 1.82) is 0 Å². The summed E-state index contributed by atoms with van der Waals surface area (Å²) in [6.07, 6.45) is 0. The lowest BCUT2D eigenvalue weighted by molar-refractivity contribution is -0.432. The quantitative estimate of drug-likeness (QED) is 0.0161. The van der Waals surface area contributed by atoms with Crippen LogP contribution in [0.3, 0.4) is 0 Å². The Morgan fingerprint density at radius 3 is 1.16 bits per heavy atom. The molecule has 0 aromatic heterocycles. The van der Waals surface area contributed by atoms with Crippen LogP contribution in [0.1, 0.15) is 37.4 Å². The van der Waals surface area contributed by atoms with Gasteiger partial charge < -0.3 is 23.7 Å². The van der Waals surface area contributed by atoms with Crippen LogP contribution >= 0.6 is 24.1 Å². The van der Waals surface area contributed by atoms with Crippen molar-refractivity contribution in [3.05, 3.63) is 198 Å². The maximum atomic E-state index is 13.8. The first-order valence-electron chi connectivity index (χ1n) is 21.5. The maximum absolute atomic E-state index is 13.8. The van der Waals surface area contributed by atoms with Crippen molar-refractivity contribution < 1.29 is 88.5 Å². The number of hydrogen-bond donors (Lipinski definition) is 4. The summed E-state index contributed by atoms with van der Waals surface area (Å²) in [5.74, 6) is 0.839. The summed E-state index contributed by atoms with van der Waals surface area (Å²) in [6, 6.07) is 42.4. The van der Waals surface area contributed by atoms with Gasteiger partial charge in [0.1, 0.15) is 61.5 Å². The van der Waals surface area contributed by atoms with E-state index >= 15 is 0 Å². The van der Waals surface area contributed by atoms with Gasteiger partial charge >= 0.3 is 0 Å². The van der Waals surface area contributed by atoms with Crippen molar-refractivity contribution in [2.45, 2.75) is 26.5 Å². The summed E-state index contributed by atoms with van der Waals surface area (Å²) in [7, 11) is -8.24. The van der Waals surface area contributed by atoms with Crippen LogP contribution in [0, 0.1) is 6.92 Å². The summed E-state index contributed by atoms with van der Waals surface area (Å²) in [4.78, 5) is 26.4. The summed E-state index contributed by atoms with van der Waals surface area (Å²) in [6.45, 7) is 1.74. The second-order valence-electron chi connectivity index (χ2n) is 15.6. The topological polar surface area (TPSA) is 266 Å². The van der Waals surface area contributed by atoms with E-state index in [1.54, 1.807) is 105 Å². The molecule has 0 aliphatic heterocycles. The van der Waals surface area contributed by atoms with Crippen molar-refractivity contribution in [3.8, 4) is 62.9 Å². The van der Waals surface area contributed by atoms with Crippen molar-refractivity contribution in [3.63, 3.8) is 0 Å². The fourth-order valence-electron chi connectivity index (χ4n) is 7.10. The van der Waals surface area contributed by atoms with Gasteiger partial charge in [-0.2, -0.15) is 16.8 Å². The molecule has 8 rings (SSSR count). The average molecular weight is 1100 g/mol. The molecule has 0 heterocycles. The molecule has 0 aliphatic rings. The lowest BCUT2D eigenvalue weighted by Gasteiger charge is -2.14. The molecule has 0 atom stereocenters. The predicted molar refractivity (Wildman–Crippen MR) is 270 cm³/mol. The number of methoxy groups -OCH3 is 1. The van der Waals surface area contributed by atoms with Gasteiger partial charge in [0.25, 0.3) is 20.2 Å². The van der Waals surface area contributed by atoms with Crippen molar-refractivity contribution in [2.75, 3.05) is 7.11 Å². The Morgan fingerprint density at radius 1 is 0.413 bits per heavy atom. The van der Waals surface area contributed by atoms with E-state index in [-0.39, 0.29) is 55.9 Å². The van der Waals surface area contributed by atoms with E-state index in [4.69, 9.17) is 34.2 Å². The van der Waals surface area contributed by atoms with Gasteiger partial charge in [-0.3, -0.25) is 18.7 Å². The standard InChI is InChI=1S/C52H38O19S4/c1-31-3-4-34(27-47(31)72-70-68-55)51(53)36-10-25-45(49(29-36)74(57,58)59)66-42-14-7-33(8-15-42)32-5-12-41(13-6-32)65-44-24-9-35(28-48(44)73-71-69-56)52(54)37-11-26-46(50(30-37)75(60,61)62)67-43-22-20-40(21-23-43)64-39-18-16-38(63-2)17-19-39/h3-30,55-56H,1-2H3,(H,57,58,59)(H,60,61,62). The van der Waals surface area contributed by atoms with Crippen molar-refractivity contribution >= 4 is 55.9 Å². The first-order chi connectivity index (χ1) is 36.0. The molecule has 23 heteroatoms. The van der Waals surface area contributed by atoms with Crippen LogP contribution in [0.15, 0.2) is 189 Å². The molecule has 0 unspecified atom stereocenters. The molecule has 384 valence electrons. The normalized spacial score (nSPS) is 11.4. The maximum Gasteiger partial charge on any atom is 0.298 e.